The van der Waals surface area contributed by atoms with Crippen molar-refractivity contribution in [1.29, 1.82) is 0 Å². The lowest BCUT2D eigenvalue weighted by Crippen LogP contribution is -2.51. The molecule has 3 heterocycles. The molecule has 0 amide bonds. The maximum Gasteiger partial charge on any atom is 0.737 e. The highest BCUT2D eigenvalue weighted by Crippen LogP contribution is 2.44. The molecule has 0 N–H and O–H groups in total. The van der Waals surface area contributed by atoms with Crippen molar-refractivity contribution in [2.75, 3.05) is 14.2 Å². The Morgan fingerprint density at radius 3 is 1.87 bits per heavy atom. The molecule has 5 rings (SSSR count). The third-order valence-corrected chi connectivity index (χ3v) is 7.35. The summed E-state index contributed by atoms with van der Waals surface area (Å²) in [6.45, 7) is 3.81. The van der Waals surface area contributed by atoms with Crippen molar-refractivity contribution >= 4 is 36.5 Å². The highest BCUT2D eigenvalue weighted by atomic mass is 19.2. The van der Waals surface area contributed by atoms with Gasteiger partial charge in [-0.2, -0.15) is 0 Å². The van der Waals surface area contributed by atoms with Crippen molar-refractivity contribution < 1.29 is 22.6 Å². The summed E-state index contributed by atoms with van der Waals surface area (Å²) >= 11 is 0. The number of aromatic nitrogens is 1. The summed E-state index contributed by atoms with van der Waals surface area (Å²) in [6, 6.07) is 16.9. The fraction of sp³-hybridized carbons (Fsp3) is 0.219. The number of nitrogens with zero attached hydrogens (tertiary/aromatic N) is 2. The van der Waals surface area contributed by atoms with E-state index in [1.807, 2.05) is 86.7 Å². The SMILES string of the molecule is COc1ccc(/C=C/C2=[N+]3C(=C(C(C)C)c4c(C)cc(/C=C/c5ccc(OC)cc5)n4[B-]3(F)F)C(C)=C2)cc1. The van der Waals surface area contributed by atoms with Gasteiger partial charge in [-0.25, -0.2) is 0 Å². The first-order chi connectivity index (χ1) is 18.6. The largest absolute Gasteiger partial charge is 0.737 e. The number of methoxy groups -OCH3 is 2. The molecule has 0 saturated heterocycles. The number of allylic oxidation sites excluding steroid dienone is 4. The Balaban J connectivity index is 1.64. The molecular formula is C32H33BF2N2O2. The van der Waals surface area contributed by atoms with Crippen LogP contribution in [0, 0.1) is 12.8 Å². The summed E-state index contributed by atoms with van der Waals surface area (Å²) in [4.78, 5) is 0. The van der Waals surface area contributed by atoms with Gasteiger partial charge in [0.2, 0.25) is 0 Å². The molecule has 0 fully saturated rings. The van der Waals surface area contributed by atoms with E-state index in [2.05, 4.69) is 13.8 Å². The van der Waals surface area contributed by atoms with Crippen LogP contribution in [0.1, 0.15) is 48.8 Å². The predicted octanol–water partition coefficient (Wildman–Crippen LogP) is 7.71. The molecule has 0 unspecified atom stereocenters. The van der Waals surface area contributed by atoms with Gasteiger partial charge >= 0.3 is 6.97 Å². The minimum atomic E-state index is -4.16. The van der Waals surface area contributed by atoms with Gasteiger partial charge in [-0.1, -0.05) is 44.2 Å². The highest BCUT2D eigenvalue weighted by Gasteiger charge is 2.55. The molecule has 0 atom stereocenters. The van der Waals surface area contributed by atoms with Crippen LogP contribution in [-0.4, -0.2) is 35.9 Å². The van der Waals surface area contributed by atoms with E-state index in [9.17, 15) is 0 Å². The quantitative estimate of drug-likeness (QED) is 0.295. The van der Waals surface area contributed by atoms with Crippen LogP contribution in [0.4, 0.5) is 8.63 Å². The van der Waals surface area contributed by atoms with Gasteiger partial charge in [-0.15, -0.1) is 0 Å². The zero-order valence-corrected chi connectivity index (χ0v) is 23.2. The summed E-state index contributed by atoms with van der Waals surface area (Å²) < 4.78 is 46.4. The molecule has 0 radical (unpaired) electrons. The van der Waals surface area contributed by atoms with Crippen LogP contribution in [0.15, 0.2) is 78.0 Å². The summed E-state index contributed by atoms with van der Waals surface area (Å²) in [5.41, 5.74) is 6.62. The number of fused-ring (bicyclic) bond motifs is 2. The van der Waals surface area contributed by atoms with Crippen LogP contribution < -0.4 is 9.47 Å². The van der Waals surface area contributed by atoms with E-state index >= 15 is 8.63 Å². The minimum absolute atomic E-state index is 0.0495. The molecule has 4 nitrogen and oxygen atoms in total. The fourth-order valence-corrected chi connectivity index (χ4v) is 5.54. The van der Waals surface area contributed by atoms with E-state index in [0.29, 0.717) is 22.8 Å². The molecule has 3 aromatic rings. The number of ether oxygens (including phenoxy) is 2. The first-order valence-electron chi connectivity index (χ1n) is 13.1. The van der Waals surface area contributed by atoms with E-state index in [1.54, 1.807) is 26.4 Å². The van der Waals surface area contributed by atoms with Gasteiger partial charge in [-0.05, 0) is 78.9 Å². The van der Waals surface area contributed by atoms with E-state index < -0.39 is 6.97 Å². The van der Waals surface area contributed by atoms with Crippen molar-refractivity contribution in [2.45, 2.75) is 27.7 Å². The average Bonchev–Trinajstić information content (AvgIpc) is 3.44. The number of hydrogen-bond donors (Lipinski definition) is 0. The van der Waals surface area contributed by atoms with Gasteiger partial charge in [0.05, 0.1) is 14.2 Å². The van der Waals surface area contributed by atoms with Crippen LogP contribution in [0.2, 0.25) is 0 Å². The third-order valence-electron chi connectivity index (χ3n) is 7.35. The lowest BCUT2D eigenvalue weighted by molar-refractivity contribution is -0.362. The second-order valence-electron chi connectivity index (χ2n) is 10.3. The van der Waals surface area contributed by atoms with E-state index in [-0.39, 0.29) is 5.92 Å². The smallest absolute Gasteiger partial charge is 0.497 e. The van der Waals surface area contributed by atoms with Crippen molar-refractivity contribution in [2.24, 2.45) is 5.92 Å². The molecule has 0 bridgehead atoms. The molecule has 2 aliphatic rings. The molecular weight excluding hydrogens is 493 g/mol. The minimum Gasteiger partial charge on any atom is -0.497 e. The van der Waals surface area contributed by atoms with Crippen LogP contribution in [-0.2, 0) is 0 Å². The van der Waals surface area contributed by atoms with Gasteiger partial charge in [0, 0.05) is 34.7 Å². The molecule has 7 heteroatoms. The summed E-state index contributed by atoms with van der Waals surface area (Å²) in [6.07, 6.45) is 9.15. The van der Waals surface area contributed by atoms with Crippen molar-refractivity contribution in [1.82, 2.24) is 4.48 Å². The van der Waals surface area contributed by atoms with E-state index in [0.717, 1.165) is 39.3 Å². The van der Waals surface area contributed by atoms with E-state index in [1.165, 1.54) is 8.96 Å². The molecule has 0 aliphatic carbocycles. The van der Waals surface area contributed by atoms with Crippen molar-refractivity contribution in [3.8, 4) is 11.5 Å². The summed E-state index contributed by atoms with van der Waals surface area (Å²) in [5.74, 6) is 1.55. The van der Waals surface area contributed by atoms with Gasteiger partial charge in [-0.3, -0.25) is 0 Å². The van der Waals surface area contributed by atoms with Crippen molar-refractivity contribution in [3.63, 3.8) is 0 Å². The van der Waals surface area contributed by atoms with Crippen LogP contribution >= 0.6 is 0 Å². The molecule has 2 aliphatic heterocycles. The van der Waals surface area contributed by atoms with Crippen LogP contribution in [0.3, 0.4) is 0 Å². The third kappa shape index (κ3) is 4.67. The summed E-state index contributed by atoms with van der Waals surface area (Å²) in [5, 5.41) is 0. The zero-order valence-electron chi connectivity index (χ0n) is 23.2. The number of rotatable bonds is 7. The van der Waals surface area contributed by atoms with Crippen LogP contribution in [0.25, 0.3) is 23.8 Å². The Morgan fingerprint density at radius 2 is 1.36 bits per heavy atom. The first-order valence-corrected chi connectivity index (χ1v) is 13.1. The molecule has 0 spiro atoms. The Labute approximate surface area is 228 Å². The fourth-order valence-electron chi connectivity index (χ4n) is 5.54. The topological polar surface area (TPSA) is 26.4 Å². The second-order valence-corrected chi connectivity index (χ2v) is 10.3. The molecule has 200 valence electrons. The highest BCUT2D eigenvalue weighted by molar-refractivity contribution is 6.58. The Hall–Kier alpha value is -4.13. The zero-order chi connectivity index (χ0) is 27.9. The molecule has 2 aromatic carbocycles. The van der Waals surface area contributed by atoms with E-state index in [4.69, 9.17) is 9.47 Å². The maximum atomic E-state index is 16.7. The van der Waals surface area contributed by atoms with Gasteiger partial charge in [0.15, 0.2) is 11.4 Å². The number of aryl methyl sites for hydroxylation is 1. The molecule has 0 saturated carbocycles. The number of halogens is 2. The Kier molecular flexibility index (Phi) is 6.93. The maximum absolute atomic E-state index is 16.7. The van der Waals surface area contributed by atoms with Crippen LogP contribution in [0.5, 0.6) is 11.5 Å². The normalized spacial score (nSPS) is 16.4. The second kappa shape index (κ2) is 10.2. The van der Waals surface area contributed by atoms with Gasteiger partial charge in [0.1, 0.15) is 11.5 Å². The van der Waals surface area contributed by atoms with Gasteiger partial charge in [0.25, 0.3) is 0 Å². The first kappa shape index (κ1) is 26.5. The average molecular weight is 526 g/mol. The lowest BCUT2D eigenvalue weighted by Gasteiger charge is -2.35. The van der Waals surface area contributed by atoms with Gasteiger partial charge < -0.3 is 27.1 Å². The van der Waals surface area contributed by atoms with Crippen molar-refractivity contribution in [3.05, 3.63) is 106 Å². The number of hydrogen-bond acceptors (Lipinski definition) is 2. The Morgan fingerprint density at radius 1 is 0.821 bits per heavy atom. The summed E-state index contributed by atoms with van der Waals surface area (Å²) in [7, 11) is 3.23. The molecule has 39 heavy (non-hydrogen) atoms. The lowest BCUT2D eigenvalue weighted by atomic mass is 9.82. The standard InChI is InChI=1S/C32H33BF2N2O2/c1-21(2)30-31-22(3)19-26(13-7-24-9-15-28(38-5)16-10-24)36(31)33(34,35)37-27(20-23(4)32(30)37)14-8-25-11-17-29(39-6)18-12-25/h7-21H,1-6H3/b13-7+,14-8+. The Bertz CT molecular complexity index is 1570. The predicted molar refractivity (Wildman–Crippen MR) is 157 cm³/mol. The monoisotopic (exact) mass is 526 g/mol. The number of benzene rings is 2. The molecule has 1 aromatic heterocycles.